The van der Waals surface area contributed by atoms with Crippen LogP contribution in [0, 0.1) is 11.3 Å². The van der Waals surface area contributed by atoms with Crippen LogP contribution in [0.2, 0.25) is 0 Å². The smallest absolute Gasteiger partial charge is 0.0943 e. The summed E-state index contributed by atoms with van der Waals surface area (Å²) in [6, 6.07) is 2.25. The van der Waals surface area contributed by atoms with E-state index in [1.165, 1.54) is 25.7 Å². The molecule has 0 aromatic carbocycles. The van der Waals surface area contributed by atoms with Gasteiger partial charge < -0.3 is 0 Å². The number of allylic oxidation sites excluding steroid dienone is 2. The Kier molecular flexibility index (Phi) is 8.77. The lowest BCUT2D eigenvalue weighted by Crippen LogP contribution is -1.80. The van der Waals surface area contributed by atoms with Gasteiger partial charge in [-0.1, -0.05) is 45.6 Å². The molecule has 0 aliphatic heterocycles. The van der Waals surface area contributed by atoms with E-state index in [9.17, 15) is 0 Å². The molecule has 0 atom stereocenters. The van der Waals surface area contributed by atoms with Crippen molar-refractivity contribution in [3.63, 3.8) is 0 Å². The standard InChI is InChI=1S/C12H21N/c1-3-5-6-7-8-10-12(11-13)9-4-2/h10H,3-9H2,1-2H3. The maximum Gasteiger partial charge on any atom is 0.0943 e. The van der Waals surface area contributed by atoms with Gasteiger partial charge in [-0.25, -0.2) is 0 Å². The quantitative estimate of drug-likeness (QED) is 0.424. The molecule has 0 saturated carbocycles. The van der Waals surface area contributed by atoms with E-state index < -0.39 is 0 Å². The van der Waals surface area contributed by atoms with Crippen LogP contribution in [0.4, 0.5) is 0 Å². The molecule has 0 aliphatic rings. The van der Waals surface area contributed by atoms with Gasteiger partial charge in [0.05, 0.1) is 6.07 Å². The summed E-state index contributed by atoms with van der Waals surface area (Å²) in [5.41, 5.74) is 0.971. The van der Waals surface area contributed by atoms with Gasteiger partial charge in [-0.2, -0.15) is 5.26 Å². The fourth-order valence-corrected chi connectivity index (χ4v) is 1.32. The van der Waals surface area contributed by atoms with Crippen molar-refractivity contribution < 1.29 is 0 Å². The van der Waals surface area contributed by atoms with Gasteiger partial charge >= 0.3 is 0 Å². The molecule has 0 unspecified atom stereocenters. The molecule has 0 rings (SSSR count). The van der Waals surface area contributed by atoms with E-state index in [1.807, 2.05) is 0 Å². The van der Waals surface area contributed by atoms with Gasteiger partial charge in [0.15, 0.2) is 0 Å². The molecular formula is C12H21N. The highest BCUT2D eigenvalue weighted by molar-refractivity contribution is 5.19. The van der Waals surface area contributed by atoms with Crippen LogP contribution in [0.15, 0.2) is 11.6 Å². The molecule has 74 valence electrons. The van der Waals surface area contributed by atoms with E-state index >= 15 is 0 Å². The van der Waals surface area contributed by atoms with E-state index in [1.54, 1.807) is 0 Å². The third kappa shape index (κ3) is 7.59. The summed E-state index contributed by atoms with van der Waals surface area (Å²) in [7, 11) is 0. The van der Waals surface area contributed by atoms with Crippen molar-refractivity contribution in [1.29, 1.82) is 5.26 Å². The van der Waals surface area contributed by atoms with E-state index in [4.69, 9.17) is 5.26 Å². The molecule has 13 heavy (non-hydrogen) atoms. The summed E-state index contributed by atoms with van der Waals surface area (Å²) in [6.07, 6.45) is 10.4. The van der Waals surface area contributed by atoms with Crippen LogP contribution in [0.25, 0.3) is 0 Å². The molecule has 0 radical (unpaired) electrons. The van der Waals surface area contributed by atoms with Crippen molar-refractivity contribution in [3.05, 3.63) is 11.6 Å². The normalized spacial score (nSPS) is 11.3. The third-order valence-corrected chi connectivity index (χ3v) is 2.11. The van der Waals surface area contributed by atoms with Crippen molar-refractivity contribution in [1.82, 2.24) is 0 Å². The van der Waals surface area contributed by atoms with Gasteiger partial charge in [0.25, 0.3) is 0 Å². The first-order valence-corrected chi connectivity index (χ1v) is 5.44. The maximum absolute atomic E-state index is 8.74. The van der Waals surface area contributed by atoms with E-state index in [-0.39, 0.29) is 0 Å². The lowest BCUT2D eigenvalue weighted by atomic mass is 10.1. The summed E-state index contributed by atoms with van der Waals surface area (Å²) in [4.78, 5) is 0. The fraction of sp³-hybridized carbons (Fsp3) is 0.750. The first-order chi connectivity index (χ1) is 6.35. The maximum atomic E-state index is 8.74. The van der Waals surface area contributed by atoms with Crippen molar-refractivity contribution in [3.8, 4) is 6.07 Å². The Balaban J connectivity index is 3.50. The zero-order valence-corrected chi connectivity index (χ0v) is 8.97. The Hall–Kier alpha value is -0.770. The van der Waals surface area contributed by atoms with Crippen LogP contribution < -0.4 is 0 Å². The highest BCUT2D eigenvalue weighted by Crippen LogP contribution is 2.08. The van der Waals surface area contributed by atoms with Crippen molar-refractivity contribution in [2.24, 2.45) is 0 Å². The largest absolute Gasteiger partial charge is 0.193 e. The summed E-state index contributed by atoms with van der Waals surface area (Å²) in [6.45, 7) is 4.33. The summed E-state index contributed by atoms with van der Waals surface area (Å²) < 4.78 is 0. The zero-order valence-electron chi connectivity index (χ0n) is 8.97. The van der Waals surface area contributed by atoms with Crippen LogP contribution in [0.5, 0.6) is 0 Å². The van der Waals surface area contributed by atoms with E-state index in [2.05, 4.69) is 26.0 Å². The number of nitrogens with zero attached hydrogens (tertiary/aromatic N) is 1. The fourth-order valence-electron chi connectivity index (χ4n) is 1.32. The van der Waals surface area contributed by atoms with E-state index in [0.717, 1.165) is 24.8 Å². The predicted octanol–water partition coefficient (Wildman–Crippen LogP) is 4.21. The number of hydrogen-bond acceptors (Lipinski definition) is 1. The van der Waals surface area contributed by atoms with Gasteiger partial charge in [0.2, 0.25) is 0 Å². The first kappa shape index (κ1) is 12.2. The average Bonchev–Trinajstić information content (AvgIpc) is 2.16. The Labute approximate surface area is 82.5 Å². The second-order valence-electron chi connectivity index (χ2n) is 3.44. The van der Waals surface area contributed by atoms with E-state index in [0.29, 0.717) is 0 Å². The molecule has 1 nitrogen and oxygen atoms in total. The second kappa shape index (κ2) is 9.32. The summed E-state index contributed by atoms with van der Waals surface area (Å²) in [5, 5.41) is 8.74. The predicted molar refractivity (Wildman–Crippen MR) is 57.4 cm³/mol. The molecule has 1 heteroatoms. The van der Waals surface area contributed by atoms with Gasteiger partial charge in [-0.15, -0.1) is 0 Å². The number of unbranched alkanes of at least 4 members (excludes halogenated alkanes) is 4. The molecule has 0 aliphatic carbocycles. The summed E-state index contributed by atoms with van der Waals surface area (Å²) in [5.74, 6) is 0. The van der Waals surface area contributed by atoms with Crippen LogP contribution in [-0.2, 0) is 0 Å². The Morgan fingerprint density at radius 2 is 1.92 bits per heavy atom. The number of nitriles is 1. The molecule has 0 aromatic rings. The lowest BCUT2D eigenvalue weighted by Gasteiger charge is -1.96. The molecule has 0 saturated heterocycles. The van der Waals surface area contributed by atoms with Crippen LogP contribution >= 0.6 is 0 Å². The minimum absolute atomic E-state index is 0.949. The minimum atomic E-state index is 0.949. The van der Waals surface area contributed by atoms with Crippen molar-refractivity contribution >= 4 is 0 Å². The SMILES string of the molecule is CCCCCCC=C(C#N)CCC. The monoisotopic (exact) mass is 179 g/mol. The van der Waals surface area contributed by atoms with Crippen molar-refractivity contribution in [2.45, 2.75) is 58.8 Å². The van der Waals surface area contributed by atoms with Gasteiger partial charge in [0, 0.05) is 5.57 Å². The second-order valence-corrected chi connectivity index (χ2v) is 3.44. The highest BCUT2D eigenvalue weighted by atomic mass is 14.2. The number of rotatable bonds is 7. The molecule has 0 aromatic heterocycles. The third-order valence-electron chi connectivity index (χ3n) is 2.11. The molecule has 0 N–H and O–H groups in total. The van der Waals surface area contributed by atoms with Crippen LogP contribution in [0.3, 0.4) is 0 Å². The van der Waals surface area contributed by atoms with Crippen molar-refractivity contribution in [2.75, 3.05) is 0 Å². The Morgan fingerprint density at radius 3 is 2.46 bits per heavy atom. The lowest BCUT2D eigenvalue weighted by molar-refractivity contribution is 0.673. The zero-order chi connectivity index (χ0) is 9.94. The highest BCUT2D eigenvalue weighted by Gasteiger charge is 1.92. The van der Waals surface area contributed by atoms with Crippen LogP contribution in [-0.4, -0.2) is 0 Å². The molecule has 0 bridgehead atoms. The molecule has 0 spiro atoms. The van der Waals surface area contributed by atoms with Crippen LogP contribution in [0.1, 0.15) is 58.8 Å². The molecular weight excluding hydrogens is 158 g/mol. The number of hydrogen-bond donors (Lipinski definition) is 0. The van der Waals surface area contributed by atoms with Gasteiger partial charge in [0.1, 0.15) is 0 Å². The Bertz CT molecular complexity index is 174. The minimum Gasteiger partial charge on any atom is -0.193 e. The topological polar surface area (TPSA) is 23.8 Å². The Morgan fingerprint density at radius 1 is 1.15 bits per heavy atom. The molecule has 0 amide bonds. The van der Waals surface area contributed by atoms with Gasteiger partial charge in [-0.3, -0.25) is 0 Å². The summed E-state index contributed by atoms with van der Waals surface area (Å²) >= 11 is 0. The first-order valence-electron chi connectivity index (χ1n) is 5.44. The average molecular weight is 179 g/mol. The van der Waals surface area contributed by atoms with Gasteiger partial charge in [-0.05, 0) is 19.3 Å². The molecule has 0 heterocycles. The molecule has 0 fully saturated rings.